The minimum Gasteiger partial charge on any atom is -0.326 e. The molecule has 1 aromatic rings. The largest absolute Gasteiger partial charge is 0.326 e. The Balaban J connectivity index is 3.13. The molecule has 0 heterocycles. The Bertz CT molecular complexity index is 365. The maximum Gasteiger partial charge on any atom is 0.0513 e. The zero-order valence-corrected chi connectivity index (χ0v) is 12.6. The van der Waals surface area contributed by atoms with Crippen molar-refractivity contribution >= 4 is 11.6 Å². The summed E-state index contributed by atoms with van der Waals surface area (Å²) >= 11 is 6.33. The number of nitrogens with zero attached hydrogens (tertiary/aromatic N) is 1. The van der Waals surface area contributed by atoms with Gasteiger partial charge in [-0.1, -0.05) is 43.6 Å². The lowest BCUT2D eigenvalue weighted by Gasteiger charge is -2.38. The van der Waals surface area contributed by atoms with Gasteiger partial charge in [-0.25, -0.2) is 0 Å². The normalized spacial score (nSPS) is 16.6. The summed E-state index contributed by atoms with van der Waals surface area (Å²) in [6.45, 7) is 9.66. The topological polar surface area (TPSA) is 29.3 Å². The molecule has 2 N–H and O–H groups in total. The molecule has 2 nitrogen and oxygen atoms in total. The molecule has 18 heavy (non-hydrogen) atoms. The Hall–Kier alpha value is -0.570. The fourth-order valence-corrected chi connectivity index (χ4v) is 2.74. The summed E-state index contributed by atoms with van der Waals surface area (Å²) in [6.07, 6.45) is 1.11. The third-order valence-electron chi connectivity index (χ3n) is 3.60. The molecule has 1 rings (SSSR count). The highest BCUT2D eigenvalue weighted by atomic mass is 35.5. The third-order valence-corrected chi connectivity index (χ3v) is 3.95. The summed E-state index contributed by atoms with van der Waals surface area (Å²) in [5.41, 5.74) is 7.34. The molecule has 102 valence electrons. The maximum absolute atomic E-state index is 6.33. The molecule has 0 radical (unpaired) electrons. The first-order valence-corrected chi connectivity index (χ1v) is 7.16. The molecule has 0 aliphatic heterocycles. The van der Waals surface area contributed by atoms with Crippen LogP contribution in [-0.2, 0) is 0 Å². The van der Waals surface area contributed by atoms with Gasteiger partial charge in [0.05, 0.1) is 6.04 Å². The highest BCUT2D eigenvalue weighted by Gasteiger charge is 2.27. The molecule has 0 aliphatic carbocycles. The molecular weight excluding hydrogens is 244 g/mol. The van der Waals surface area contributed by atoms with Gasteiger partial charge in [0.1, 0.15) is 0 Å². The van der Waals surface area contributed by atoms with Gasteiger partial charge in [-0.3, -0.25) is 4.90 Å². The van der Waals surface area contributed by atoms with E-state index in [1.54, 1.807) is 0 Å². The van der Waals surface area contributed by atoms with Crippen molar-refractivity contribution in [1.82, 2.24) is 4.90 Å². The van der Waals surface area contributed by atoms with Gasteiger partial charge in [-0.15, -0.1) is 0 Å². The van der Waals surface area contributed by atoms with Gasteiger partial charge in [0, 0.05) is 17.1 Å². The van der Waals surface area contributed by atoms with Gasteiger partial charge >= 0.3 is 0 Å². The molecule has 0 spiro atoms. The van der Waals surface area contributed by atoms with Crippen molar-refractivity contribution in [2.24, 2.45) is 5.73 Å². The molecule has 3 unspecified atom stereocenters. The molecule has 3 atom stereocenters. The van der Waals surface area contributed by atoms with E-state index in [1.165, 1.54) is 0 Å². The quantitative estimate of drug-likeness (QED) is 0.849. The summed E-state index contributed by atoms with van der Waals surface area (Å²) < 4.78 is 0. The van der Waals surface area contributed by atoms with Crippen molar-refractivity contribution in [3.8, 4) is 0 Å². The lowest BCUT2D eigenvalue weighted by Crippen LogP contribution is -2.44. The Kier molecular flexibility index (Phi) is 6.13. The summed E-state index contributed by atoms with van der Waals surface area (Å²) in [6, 6.07) is 8.75. The fourth-order valence-electron chi connectivity index (χ4n) is 2.50. The zero-order valence-electron chi connectivity index (χ0n) is 11.9. The monoisotopic (exact) mass is 268 g/mol. The molecule has 0 aromatic heterocycles. The number of benzene rings is 1. The van der Waals surface area contributed by atoms with Crippen LogP contribution in [0.4, 0.5) is 0 Å². The van der Waals surface area contributed by atoms with E-state index in [1.807, 2.05) is 18.2 Å². The van der Waals surface area contributed by atoms with E-state index in [2.05, 4.69) is 38.7 Å². The van der Waals surface area contributed by atoms with E-state index in [-0.39, 0.29) is 12.1 Å². The van der Waals surface area contributed by atoms with Crippen LogP contribution in [0.1, 0.15) is 45.7 Å². The summed E-state index contributed by atoms with van der Waals surface area (Å²) in [5.74, 6) is 0. The predicted molar refractivity (Wildman–Crippen MR) is 80.0 cm³/mol. The highest BCUT2D eigenvalue weighted by Crippen LogP contribution is 2.31. The average Bonchev–Trinajstić information content (AvgIpc) is 2.35. The van der Waals surface area contributed by atoms with Crippen molar-refractivity contribution in [3.05, 3.63) is 34.9 Å². The van der Waals surface area contributed by atoms with E-state index < -0.39 is 0 Å². The molecular formula is C15H25ClN2. The molecule has 0 saturated carbocycles. The molecule has 3 heteroatoms. The second kappa shape index (κ2) is 7.13. The lowest BCUT2D eigenvalue weighted by molar-refractivity contribution is 0.131. The van der Waals surface area contributed by atoms with Crippen LogP contribution >= 0.6 is 11.6 Å². The molecule has 0 amide bonds. The molecule has 0 bridgehead atoms. The molecule has 0 aliphatic rings. The SMILES string of the molecule is CCC(C)N(CC)C(c1ccccc1Cl)C(C)N. The van der Waals surface area contributed by atoms with Crippen molar-refractivity contribution in [2.75, 3.05) is 6.54 Å². The minimum atomic E-state index is 0.0545. The number of rotatable bonds is 6. The van der Waals surface area contributed by atoms with E-state index in [4.69, 9.17) is 17.3 Å². The van der Waals surface area contributed by atoms with Crippen molar-refractivity contribution < 1.29 is 0 Å². The second-order valence-corrected chi connectivity index (χ2v) is 5.32. The number of halogens is 1. The Morgan fingerprint density at radius 3 is 2.28 bits per heavy atom. The van der Waals surface area contributed by atoms with Crippen LogP contribution in [-0.4, -0.2) is 23.5 Å². The molecule has 1 aromatic carbocycles. The lowest BCUT2D eigenvalue weighted by atomic mass is 9.97. The molecule has 0 fully saturated rings. The van der Waals surface area contributed by atoms with E-state index >= 15 is 0 Å². The fraction of sp³-hybridized carbons (Fsp3) is 0.600. The number of nitrogens with two attached hydrogens (primary N) is 1. The van der Waals surface area contributed by atoms with Gasteiger partial charge in [0.25, 0.3) is 0 Å². The second-order valence-electron chi connectivity index (χ2n) is 4.91. The summed E-state index contributed by atoms with van der Waals surface area (Å²) in [7, 11) is 0. The van der Waals surface area contributed by atoms with Crippen molar-refractivity contribution in [3.63, 3.8) is 0 Å². The van der Waals surface area contributed by atoms with E-state index in [0.29, 0.717) is 6.04 Å². The number of hydrogen-bond donors (Lipinski definition) is 1. The summed E-state index contributed by atoms with van der Waals surface area (Å²) in [4.78, 5) is 2.44. The maximum atomic E-state index is 6.33. The van der Waals surface area contributed by atoms with Crippen molar-refractivity contribution in [1.29, 1.82) is 0 Å². The predicted octanol–water partition coefficient (Wildman–Crippen LogP) is 3.85. The van der Waals surface area contributed by atoms with Gasteiger partial charge in [-0.2, -0.15) is 0 Å². The highest BCUT2D eigenvalue weighted by molar-refractivity contribution is 6.31. The standard InChI is InChI=1S/C15H25ClN2/c1-5-11(3)18(6-2)15(12(4)17)13-9-7-8-10-14(13)16/h7-12,15H,5-6,17H2,1-4H3. The van der Waals surface area contributed by atoms with Crippen LogP contribution in [0.2, 0.25) is 5.02 Å². The van der Waals surface area contributed by atoms with Gasteiger partial charge in [-0.05, 0) is 38.4 Å². The Morgan fingerprint density at radius 2 is 1.83 bits per heavy atom. The van der Waals surface area contributed by atoms with Crippen LogP contribution in [0, 0.1) is 0 Å². The molecule has 0 saturated heterocycles. The van der Waals surface area contributed by atoms with E-state index in [0.717, 1.165) is 23.6 Å². The van der Waals surface area contributed by atoms with Crippen LogP contribution in [0.15, 0.2) is 24.3 Å². The van der Waals surface area contributed by atoms with Crippen LogP contribution in [0.25, 0.3) is 0 Å². The third kappa shape index (κ3) is 3.47. The number of hydrogen-bond acceptors (Lipinski definition) is 2. The van der Waals surface area contributed by atoms with Gasteiger partial charge < -0.3 is 5.73 Å². The first kappa shape index (κ1) is 15.5. The average molecular weight is 269 g/mol. The zero-order chi connectivity index (χ0) is 13.7. The first-order valence-electron chi connectivity index (χ1n) is 6.78. The minimum absolute atomic E-state index is 0.0545. The van der Waals surface area contributed by atoms with Gasteiger partial charge in [0.15, 0.2) is 0 Å². The van der Waals surface area contributed by atoms with Crippen LogP contribution in [0.3, 0.4) is 0 Å². The first-order chi connectivity index (χ1) is 8.52. The summed E-state index contributed by atoms with van der Waals surface area (Å²) in [5, 5.41) is 0.807. The number of likely N-dealkylation sites (N-methyl/N-ethyl adjacent to an activating group) is 1. The Labute approximate surface area is 116 Å². The van der Waals surface area contributed by atoms with Crippen LogP contribution < -0.4 is 5.73 Å². The van der Waals surface area contributed by atoms with E-state index in [9.17, 15) is 0 Å². The smallest absolute Gasteiger partial charge is 0.0513 e. The van der Waals surface area contributed by atoms with Crippen LogP contribution in [0.5, 0.6) is 0 Å². The van der Waals surface area contributed by atoms with Crippen molar-refractivity contribution in [2.45, 2.75) is 52.2 Å². The Morgan fingerprint density at radius 1 is 1.22 bits per heavy atom. The van der Waals surface area contributed by atoms with Gasteiger partial charge in [0.2, 0.25) is 0 Å².